The number of benzene rings is 1. The minimum atomic E-state index is 0.0101. The zero-order valence-corrected chi connectivity index (χ0v) is 14.0. The second kappa shape index (κ2) is 7.09. The van der Waals surface area contributed by atoms with Gasteiger partial charge in [-0.2, -0.15) is 5.10 Å². The zero-order valence-electron chi connectivity index (χ0n) is 11.6. The zero-order chi connectivity index (χ0) is 14.5. The molecule has 0 saturated carbocycles. The molecule has 0 aliphatic carbocycles. The number of nitrogens with zero attached hydrogens (tertiary/aromatic N) is 2. The lowest BCUT2D eigenvalue weighted by Gasteiger charge is -2.07. The first-order valence-electron chi connectivity index (χ1n) is 6.66. The van der Waals surface area contributed by atoms with E-state index in [2.05, 4.69) is 34.9 Å². The van der Waals surface area contributed by atoms with Gasteiger partial charge in [0, 0.05) is 17.0 Å². The molecule has 0 aliphatic heterocycles. The molecule has 5 heteroatoms. The van der Waals surface area contributed by atoms with Gasteiger partial charge in [-0.15, -0.1) is 11.8 Å². The van der Waals surface area contributed by atoms with Crippen LogP contribution in [-0.2, 0) is 6.54 Å². The summed E-state index contributed by atoms with van der Waals surface area (Å²) in [5.41, 5.74) is 1.33. The molecule has 1 aromatic heterocycles. The molecule has 0 saturated heterocycles. The van der Waals surface area contributed by atoms with Crippen molar-refractivity contribution in [1.29, 1.82) is 0 Å². The molecule has 20 heavy (non-hydrogen) atoms. The van der Waals surface area contributed by atoms with Gasteiger partial charge in [-0.25, -0.2) is 0 Å². The predicted molar refractivity (Wildman–Crippen MR) is 86.5 cm³/mol. The van der Waals surface area contributed by atoms with Crippen molar-refractivity contribution < 1.29 is 4.79 Å². The number of hydrogen-bond donors (Lipinski definition) is 0. The summed E-state index contributed by atoms with van der Waals surface area (Å²) in [5, 5.41) is 4.24. The Kier molecular flexibility index (Phi) is 5.43. The molecule has 2 rings (SSSR count). The van der Waals surface area contributed by atoms with Crippen LogP contribution in [0, 0.1) is 0 Å². The molecule has 0 radical (unpaired) electrons. The van der Waals surface area contributed by atoms with E-state index in [1.165, 1.54) is 4.90 Å². The molecular formula is C15H17BrN2OS. The predicted octanol–water partition coefficient (Wildman–Crippen LogP) is 4.40. The van der Waals surface area contributed by atoms with Crippen molar-refractivity contribution in [2.45, 2.75) is 31.7 Å². The summed E-state index contributed by atoms with van der Waals surface area (Å²) in [5.74, 6) is 1.04. The second-order valence-electron chi connectivity index (χ2n) is 4.35. The molecule has 0 bridgehead atoms. The highest BCUT2D eigenvalue weighted by molar-refractivity contribution is 9.10. The Balaban J connectivity index is 2.28. The molecule has 1 aromatic carbocycles. The van der Waals surface area contributed by atoms with Crippen LogP contribution >= 0.6 is 27.7 Å². The van der Waals surface area contributed by atoms with Gasteiger partial charge in [0.15, 0.2) is 0 Å². The lowest BCUT2D eigenvalue weighted by Crippen LogP contribution is -2.12. The fourth-order valence-corrected chi connectivity index (χ4v) is 3.11. The molecule has 0 atom stereocenters. The summed E-state index contributed by atoms with van der Waals surface area (Å²) in [4.78, 5) is 13.8. The second-order valence-corrected chi connectivity index (χ2v) is 6.54. The van der Waals surface area contributed by atoms with Gasteiger partial charge in [0.1, 0.15) is 5.69 Å². The van der Waals surface area contributed by atoms with E-state index >= 15 is 0 Å². The molecule has 0 spiro atoms. The van der Waals surface area contributed by atoms with Crippen molar-refractivity contribution in [2.24, 2.45) is 0 Å². The number of halogens is 1. The van der Waals surface area contributed by atoms with E-state index in [-0.39, 0.29) is 5.78 Å². The van der Waals surface area contributed by atoms with Crippen molar-refractivity contribution in [2.75, 3.05) is 5.75 Å². The molecule has 3 nitrogen and oxygen atoms in total. The SMILES string of the molecule is CCCn1ncc(Br)c1C(=O)c1ccc(SCC)cc1. The summed E-state index contributed by atoms with van der Waals surface area (Å²) < 4.78 is 2.52. The normalized spacial score (nSPS) is 10.8. The highest BCUT2D eigenvalue weighted by atomic mass is 79.9. The van der Waals surface area contributed by atoms with Crippen LogP contribution in [-0.4, -0.2) is 21.3 Å². The minimum Gasteiger partial charge on any atom is -0.287 e. The van der Waals surface area contributed by atoms with E-state index < -0.39 is 0 Å². The van der Waals surface area contributed by atoms with E-state index in [1.54, 1.807) is 22.6 Å². The van der Waals surface area contributed by atoms with E-state index in [0.29, 0.717) is 11.3 Å². The van der Waals surface area contributed by atoms with Crippen molar-refractivity contribution in [1.82, 2.24) is 9.78 Å². The average Bonchev–Trinajstić information content (AvgIpc) is 2.81. The smallest absolute Gasteiger partial charge is 0.212 e. The summed E-state index contributed by atoms with van der Waals surface area (Å²) in [6.45, 7) is 4.93. The third kappa shape index (κ3) is 3.33. The van der Waals surface area contributed by atoms with Crippen molar-refractivity contribution in [3.8, 4) is 0 Å². The van der Waals surface area contributed by atoms with Crippen LogP contribution in [0.1, 0.15) is 36.3 Å². The molecule has 0 N–H and O–H groups in total. The van der Waals surface area contributed by atoms with Gasteiger partial charge in [-0.05, 0) is 52.4 Å². The number of rotatable bonds is 6. The third-order valence-corrected chi connectivity index (χ3v) is 4.35. The number of carbonyl (C=O) groups excluding carboxylic acids is 1. The standard InChI is InChI=1S/C15H17BrN2OS/c1-3-9-18-14(13(16)10-17-18)15(19)11-5-7-12(8-6-11)20-4-2/h5-8,10H,3-4,9H2,1-2H3. The van der Waals surface area contributed by atoms with Crippen LogP contribution in [0.25, 0.3) is 0 Å². The van der Waals surface area contributed by atoms with Gasteiger partial charge in [-0.3, -0.25) is 9.48 Å². The van der Waals surface area contributed by atoms with Crippen molar-refractivity contribution >= 4 is 33.5 Å². The number of aryl methyl sites for hydroxylation is 1. The van der Waals surface area contributed by atoms with Crippen LogP contribution in [0.5, 0.6) is 0 Å². The van der Waals surface area contributed by atoms with Crippen LogP contribution in [0.15, 0.2) is 39.8 Å². The Morgan fingerprint density at radius 2 is 2.00 bits per heavy atom. The molecule has 2 aromatic rings. The van der Waals surface area contributed by atoms with E-state index in [4.69, 9.17) is 0 Å². The van der Waals surface area contributed by atoms with E-state index in [0.717, 1.165) is 23.2 Å². The maximum Gasteiger partial charge on any atom is 0.212 e. The molecule has 1 heterocycles. The summed E-state index contributed by atoms with van der Waals surface area (Å²) in [6.07, 6.45) is 2.63. The lowest BCUT2D eigenvalue weighted by molar-refractivity contribution is 0.102. The van der Waals surface area contributed by atoms with Crippen LogP contribution < -0.4 is 0 Å². The molecule has 0 fully saturated rings. The minimum absolute atomic E-state index is 0.0101. The summed E-state index contributed by atoms with van der Waals surface area (Å²) >= 11 is 5.19. The Bertz CT molecular complexity index is 592. The molecule has 0 unspecified atom stereocenters. The van der Waals surface area contributed by atoms with Gasteiger partial charge >= 0.3 is 0 Å². The highest BCUT2D eigenvalue weighted by Gasteiger charge is 2.18. The first-order valence-corrected chi connectivity index (χ1v) is 8.44. The summed E-state index contributed by atoms with van der Waals surface area (Å²) in [6, 6.07) is 7.76. The van der Waals surface area contributed by atoms with Gasteiger partial charge in [0.2, 0.25) is 5.78 Å². The number of hydrogen-bond acceptors (Lipinski definition) is 3. The highest BCUT2D eigenvalue weighted by Crippen LogP contribution is 2.22. The maximum absolute atomic E-state index is 12.6. The summed E-state index contributed by atoms with van der Waals surface area (Å²) in [7, 11) is 0. The monoisotopic (exact) mass is 352 g/mol. The van der Waals surface area contributed by atoms with Crippen molar-refractivity contribution in [3.05, 3.63) is 46.2 Å². The fraction of sp³-hybridized carbons (Fsp3) is 0.333. The van der Waals surface area contributed by atoms with Gasteiger partial charge in [-0.1, -0.05) is 13.8 Å². The fourth-order valence-electron chi connectivity index (χ4n) is 1.98. The average molecular weight is 353 g/mol. The number of ketones is 1. The Labute approximate surface area is 131 Å². The quantitative estimate of drug-likeness (QED) is 0.570. The Hall–Kier alpha value is -1.07. The molecule has 106 valence electrons. The van der Waals surface area contributed by atoms with Gasteiger partial charge in [0.25, 0.3) is 0 Å². The number of aromatic nitrogens is 2. The first-order chi connectivity index (χ1) is 9.67. The van der Waals surface area contributed by atoms with E-state index in [1.807, 2.05) is 24.3 Å². The van der Waals surface area contributed by atoms with Crippen LogP contribution in [0.4, 0.5) is 0 Å². The van der Waals surface area contributed by atoms with Crippen molar-refractivity contribution in [3.63, 3.8) is 0 Å². The molecule has 0 amide bonds. The largest absolute Gasteiger partial charge is 0.287 e. The maximum atomic E-state index is 12.6. The molecule has 0 aliphatic rings. The lowest BCUT2D eigenvalue weighted by atomic mass is 10.1. The van der Waals surface area contributed by atoms with Crippen LogP contribution in [0.2, 0.25) is 0 Å². The Morgan fingerprint density at radius 3 is 2.60 bits per heavy atom. The number of thioether (sulfide) groups is 1. The third-order valence-electron chi connectivity index (χ3n) is 2.87. The number of carbonyl (C=O) groups is 1. The van der Waals surface area contributed by atoms with E-state index in [9.17, 15) is 4.79 Å². The Morgan fingerprint density at radius 1 is 1.30 bits per heavy atom. The molecular weight excluding hydrogens is 336 g/mol. The topological polar surface area (TPSA) is 34.9 Å². The van der Waals surface area contributed by atoms with Gasteiger partial charge in [0.05, 0.1) is 10.7 Å². The van der Waals surface area contributed by atoms with Gasteiger partial charge < -0.3 is 0 Å². The first kappa shape index (κ1) is 15.3. The van der Waals surface area contributed by atoms with Crippen LogP contribution in [0.3, 0.4) is 0 Å².